The first-order valence-electron chi connectivity index (χ1n) is 6.41. The van der Waals surface area contributed by atoms with Gasteiger partial charge in [-0.1, -0.05) is 11.6 Å². The highest BCUT2D eigenvalue weighted by Crippen LogP contribution is 2.19. The van der Waals surface area contributed by atoms with Crippen LogP contribution >= 0.6 is 0 Å². The molecule has 5 nitrogen and oxygen atoms in total. The van der Waals surface area contributed by atoms with Crippen molar-refractivity contribution in [3.8, 4) is 5.75 Å². The number of anilines is 1. The van der Waals surface area contributed by atoms with Crippen molar-refractivity contribution < 1.29 is 15.0 Å². The van der Waals surface area contributed by atoms with Crippen LogP contribution in [0.15, 0.2) is 47.6 Å². The predicted octanol–water partition coefficient (Wildman–Crippen LogP) is 3.23. The highest BCUT2D eigenvalue weighted by Gasteiger charge is 2.05. The second kappa shape index (κ2) is 6.09. The lowest BCUT2D eigenvalue weighted by Gasteiger charge is -2.07. The van der Waals surface area contributed by atoms with Gasteiger partial charge in [-0.3, -0.25) is 5.43 Å². The molecule has 21 heavy (non-hydrogen) atoms. The number of phenols is 1. The third-order valence-electron chi connectivity index (χ3n) is 3.03. The van der Waals surface area contributed by atoms with Crippen molar-refractivity contribution in [3.05, 3.63) is 59.2 Å². The number of benzene rings is 2. The van der Waals surface area contributed by atoms with E-state index >= 15 is 0 Å². The van der Waals surface area contributed by atoms with Crippen LogP contribution in [0.5, 0.6) is 5.75 Å². The van der Waals surface area contributed by atoms with Gasteiger partial charge in [0.05, 0.1) is 17.0 Å². The average Bonchev–Trinajstić information content (AvgIpc) is 2.47. The van der Waals surface area contributed by atoms with Gasteiger partial charge in [0.25, 0.3) is 0 Å². The zero-order valence-electron chi connectivity index (χ0n) is 11.8. The molecule has 0 saturated heterocycles. The van der Waals surface area contributed by atoms with Crippen LogP contribution in [0.4, 0.5) is 5.69 Å². The Morgan fingerprint density at radius 2 is 1.81 bits per heavy atom. The number of phenolic OH excluding ortho intramolecular Hbond substituents is 1. The highest BCUT2D eigenvalue weighted by molar-refractivity contribution is 6.01. The molecule has 5 heteroatoms. The molecular formula is C16H16N2O3. The van der Waals surface area contributed by atoms with Crippen LogP contribution in [-0.4, -0.2) is 21.9 Å². The lowest BCUT2D eigenvalue weighted by molar-refractivity contribution is 0.0697. The molecular weight excluding hydrogens is 268 g/mol. The van der Waals surface area contributed by atoms with E-state index in [0.717, 1.165) is 5.56 Å². The molecule has 0 heterocycles. The quantitative estimate of drug-likeness (QED) is 0.594. The predicted molar refractivity (Wildman–Crippen MR) is 82.1 cm³/mol. The second-order valence-corrected chi connectivity index (χ2v) is 4.71. The topological polar surface area (TPSA) is 81.9 Å². The highest BCUT2D eigenvalue weighted by atomic mass is 16.4. The fourth-order valence-electron chi connectivity index (χ4n) is 1.84. The van der Waals surface area contributed by atoms with Gasteiger partial charge in [0.15, 0.2) is 0 Å². The second-order valence-electron chi connectivity index (χ2n) is 4.71. The Kier molecular flexibility index (Phi) is 4.23. The summed E-state index contributed by atoms with van der Waals surface area (Å²) in [5.74, 6) is -0.796. The van der Waals surface area contributed by atoms with Crippen LogP contribution in [0.3, 0.4) is 0 Å². The number of aryl methyl sites for hydroxylation is 1. The molecule has 2 aromatic carbocycles. The number of hydrogen-bond donors (Lipinski definition) is 3. The average molecular weight is 284 g/mol. The van der Waals surface area contributed by atoms with Crippen molar-refractivity contribution in [1.29, 1.82) is 0 Å². The summed E-state index contributed by atoms with van der Waals surface area (Å²) in [4.78, 5) is 10.8. The first-order valence-corrected chi connectivity index (χ1v) is 6.41. The van der Waals surface area contributed by atoms with E-state index in [9.17, 15) is 9.90 Å². The van der Waals surface area contributed by atoms with E-state index in [-0.39, 0.29) is 11.3 Å². The van der Waals surface area contributed by atoms with Crippen molar-refractivity contribution >= 4 is 17.4 Å². The van der Waals surface area contributed by atoms with Gasteiger partial charge in [-0.2, -0.15) is 5.10 Å². The van der Waals surface area contributed by atoms with Crippen LogP contribution in [0.25, 0.3) is 0 Å². The van der Waals surface area contributed by atoms with E-state index in [2.05, 4.69) is 10.5 Å². The molecule has 0 fully saturated rings. The van der Waals surface area contributed by atoms with Gasteiger partial charge in [0.1, 0.15) is 5.75 Å². The minimum Gasteiger partial charge on any atom is -0.507 e. The minimum absolute atomic E-state index is 0.171. The normalized spacial score (nSPS) is 11.2. The summed E-state index contributed by atoms with van der Waals surface area (Å²) >= 11 is 0. The first kappa shape index (κ1) is 14.6. The SMILES string of the molecule is C/C(=N\Nc1ccc(C(=O)O)cc1)c1cc(C)ccc1O. The van der Waals surface area contributed by atoms with Crippen LogP contribution < -0.4 is 5.43 Å². The number of carboxylic acid groups (broad SMARTS) is 1. The molecule has 2 aromatic rings. The van der Waals surface area contributed by atoms with E-state index in [1.807, 2.05) is 19.1 Å². The molecule has 0 bridgehead atoms. The molecule has 2 rings (SSSR count). The Balaban J connectivity index is 2.16. The van der Waals surface area contributed by atoms with Gasteiger partial charge in [0.2, 0.25) is 0 Å². The summed E-state index contributed by atoms with van der Waals surface area (Å²) in [6, 6.07) is 11.6. The number of rotatable bonds is 4. The molecule has 0 saturated carbocycles. The Hall–Kier alpha value is -2.82. The Labute approximate surface area is 122 Å². The van der Waals surface area contributed by atoms with Gasteiger partial charge >= 0.3 is 5.97 Å². The number of aromatic hydroxyl groups is 1. The zero-order valence-corrected chi connectivity index (χ0v) is 11.8. The monoisotopic (exact) mass is 284 g/mol. The lowest BCUT2D eigenvalue weighted by atomic mass is 10.1. The molecule has 3 N–H and O–H groups in total. The number of hydrogen-bond acceptors (Lipinski definition) is 4. The summed E-state index contributed by atoms with van der Waals surface area (Å²) in [6.07, 6.45) is 0. The van der Waals surface area contributed by atoms with Crippen LogP contribution in [-0.2, 0) is 0 Å². The van der Waals surface area contributed by atoms with Crippen molar-refractivity contribution in [3.63, 3.8) is 0 Å². The standard InChI is InChI=1S/C16H16N2O3/c1-10-3-8-15(19)14(9-10)11(2)17-18-13-6-4-12(5-7-13)16(20)21/h3-9,18-19H,1-2H3,(H,20,21)/b17-11+. The molecule has 0 aliphatic rings. The van der Waals surface area contributed by atoms with Crippen LogP contribution in [0.2, 0.25) is 0 Å². The molecule has 0 spiro atoms. The zero-order chi connectivity index (χ0) is 15.4. The molecule has 0 radical (unpaired) electrons. The van der Waals surface area contributed by atoms with E-state index in [1.165, 1.54) is 12.1 Å². The van der Waals surface area contributed by atoms with Gasteiger partial charge < -0.3 is 10.2 Å². The molecule has 108 valence electrons. The maximum atomic E-state index is 10.8. The van der Waals surface area contributed by atoms with Crippen LogP contribution in [0, 0.1) is 6.92 Å². The summed E-state index contributed by atoms with van der Waals surface area (Å²) in [7, 11) is 0. The lowest BCUT2D eigenvalue weighted by Crippen LogP contribution is -2.01. The number of hydrazone groups is 1. The molecule has 0 aliphatic heterocycles. The first-order chi connectivity index (χ1) is 9.97. The van der Waals surface area contributed by atoms with Gasteiger partial charge in [-0.05, 0) is 50.2 Å². The Morgan fingerprint density at radius 1 is 1.14 bits per heavy atom. The molecule has 0 atom stereocenters. The maximum absolute atomic E-state index is 10.8. The molecule has 0 unspecified atom stereocenters. The number of aromatic carboxylic acids is 1. The van der Waals surface area contributed by atoms with Gasteiger partial charge in [0, 0.05) is 5.56 Å². The largest absolute Gasteiger partial charge is 0.507 e. The van der Waals surface area contributed by atoms with Gasteiger partial charge in [-0.25, -0.2) is 4.79 Å². The summed E-state index contributed by atoms with van der Waals surface area (Å²) in [5, 5.41) is 22.8. The summed E-state index contributed by atoms with van der Waals surface area (Å²) in [5.41, 5.74) is 6.06. The Morgan fingerprint density at radius 3 is 2.43 bits per heavy atom. The van der Waals surface area contributed by atoms with E-state index in [4.69, 9.17) is 5.11 Å². The van der Waals surface area contributed by atoms with Crippen molar-refractivity contribution in [2.24, 2.45) is 5.10 Å². The third-order valence-corrected chi connectivity index (χ3v) is 3.03. The summed E-state index contributed by atoms with van der Waals surface area (Å²) in [6.45, 7) is 3.72. The number of carboxylic acids is 1. The molecule has 0 aliphatic carbocycles. The molecule has 0 amide bonds. The van der Waals surface area contributed by atoms with E-state index < -0.39 is 5.97 Å². The third kappa shape index (κ3) is 3.60. The number of carbonyl (C=O) groups is 1. The number of nitrogens with one attached hydrogen (secondary N) is 1. The summed E-state index contributed by atoms with van der Waals surface area (Å²) < 4.78 is 0. The Bertz CT molecular complexity index is 691. The number of nitrogens with zero attached hydrogens (tertiary/aromatic N) is 1. The van der Waals surface area contributed by atoms with Gasteiger partial charge in [-0.15, -0.1) is 0 Å². The minimum atomic E-state index is -0.967. The maximum Gasteiger partial charge on any atom is 0.335 e. The smallest absolute Gasteiger partial charge is 0.335 e. The van der Waals surface area contributed by atoms with Crippen molar-refractivity contribution in [2.45, 2.75) is 13.8 Å². The van der Waals surface area contributed by atoms with Crippen molar-refractivity contribution in [2.75, 3.05) is 5.43 Å². The fourth-order valence-corrected chi connectivity index (χ4v) is 1.84. The van der Waals surface area contributed by atoms with Crippen molar-refractivity contribution in [1.82, 2.24) is 0 Å². The molecule has 0 aromatic heterocycles. The van der Waals surface area contributed by atoms with Crippen LogP contribution in [0.1, 0.15) is 28.4 Å². The fraction of sp³-hybridized carbons (Fsp3) is 0.125. The van der Waals surface area contributed by atoms with E-state index in [1.54, 1.807) is 25.1 Å². The van der Waals surface area contributed by atoms with E-state index in [0.29, 0.717) is 17.0 Å².